The predicted octanol–water partition coefficient (Wildman–Crippen LogP) is 11.9. The second-order valence-corrected chi connectivity index (χ2v) is 20.7. The highest BCUT2D eigenvalue weighted by Gasteiger charge is 2.21. The van der Waals surface area contributed by atoms with Gasteiger partial charge in [0.15, 0.2) is 15.2 Å². The first kappa shape index (κ1) is 51.4. The highest BCUT2D eigenvalue weighted by Crippen LogP contribution is 2.44. The first-order valence-electron chi connectivity index (χ1n) is 22.1. The highest BCUT2D eigenvalue weighted by molar-refractivity contribution is 7.98. The van der Waals surface area contributed by atoms with Crippen LogP contribution >= 0.6 is 34.8 Å². The van der Waals surface area contributed by atoms with Crippen molar-refractivity contribution in [1.29, 1.82) is 0 Å². The maximum absolute atomic E-state index is 11.8. The Kier molecular flexibility index (Phi) is 15.9. The van der Waals surface area contributed by atoms with Crippen molar-refractivity contribution >= 4 is 133 Å². The Bertz CT molecular complexity index is 3340. The van der Waals surface area contributed by atoms with Gasteiger partial charge in [-0.25, -0.2) is 0 Å². The van der Waals surface area contributed by atoms with E-state index in [0.29, 0.717) is 103 Å². The van der Waals surface area contributed by atoms with E-state index in [1.165, 1.54) is 48.2 Å². The molecule has 4 N–H and O–H groups in total. The summed E-state index contributed by atoms with van der Waals surface area (Å²) in [7, 11) is -5.77. The van der Waals surface area contributed by atoms with Gasteiger partial charge in [-0.05, 0) is 105 Å². The summed E-state index contributed by atoms with van der Waals surface area (Å²) in [5.41, 5.74) is 4.83. The zero-order chi connectivity index (χ0) is 51.2. The Morgan fingerprint density at radius 2 is 1.04 bits per heavy atom. The largest absolute Gasteiger partial charge is 0.494 e. The van der Waals surface area contributed by atoms with Gasteiger partial charge in [0.1, 0.15) is 22.9 Å². The van der Waals surface area contributed by atoms with Crippen molar-refractivity contribution in [3.05, 3.63) is 96.6 Å². The number of benzene rings is 5. The maximum atomic E-state index is 11.8. The van der Waals surface area contributed by atoms with E-state index in [2.05, 4.69) is 49.6 Å². The van der Waals surface area contributed by atoms with E-state index < -0.39 is 20.2 Å². The highest BCUT2D eigenvalue weighted by atomic mass is 32.2. The van der Waals surface area contributed by atoms with Crippen LogP contribution in [0.15, 0.2) is 126 Å². The molecule has 26 heteroatoms. The van der Waals surface area contributed by atoms with E-state index in [-0.39, 0.29) is 21.7 Å². The van der Waals surface area contributed by atoms with Crippen LogP contribution in [0.25, 0.3) is 21.8 Å². The minimum absolute atomic E-state index is 0.150. The van der Waals surface area contributed by atoms with Gasteiger partial charge in [-0.15, -0.1) is 20.5 Å². The van der Waals surface area contributed by atoms with E-state index in [0.717, 1.165) is 40.0 Å². The number of aromatic nitrogens is 5. The molecule has 8 aromatic rings. The van der Waals surface area contributed by atoms with Crippen molar-refractivity contribution in [2.24, 2.45) is 20.5 Å². The van der Waals surface area contributed by atoms with Crippen molar-refractivity contribution < 1.29 is 35.4 Å². The minimum Gasteiger partial charge on any atom is -0.494 e. The fourth-order valence-electron chi connectivity index (χ4n) is 7.41. The van der Waals surface area contributed by atoms with Crippen LogP contribution < -0.4 is 29.9 Å². The molecule has 5 aromatic carbocycles. The Hall–Kier alpha value is -6.94. The summed E-state index contributed by atoms with van der Waals surface area (Å²) in [5.74, 6) is 1.90. The molecular weight excluding hydrogens is 1020 g/mol. The van der Waals surface area contributed by atoms with E-state index >= 15 is 0 Å². The quantitative estimate of drug-likeness (QED) is 0.0296. The maximum Gasteiger partial charge on any atom is 0.294 e. The van der Waals surface area contributed by atoms with Crippen LogP contribution in [0.1, 0.15) is 33.3 Å². The van der Waals surface area contributed by atoms with Gasteiger partial charge in [0, 0.05) is 54.8 Å². The van der Waals surface area contributed by atoms with Crippen LogP contribution in [0.3, 0.4) is 0 Å². The summed E-state index contributed by atoms with van der Waals surface area (Å²) in [5, 5.41) is 27.4. The zero-order valence-corrected chi connectivity index (χ0v) is 43.6. The van der Waals surface area contributed by atoms with Gasteiger partial charge in [-0.2, -0.15) is 40.5 Å². The Balaban J connectivity index is 1.23. The third-order valence-electron chi connectivity index (χ3n) is 11.1. The number of azo groups is 2. The molecule has 72 heavy (non-hydrogen) atoms. The van der Waals surface area contributed by atoms with Gasteiger partial charge in [-0.1, -0.05) is 42.1 Å². The summed E-state index contributed by atoms with van der Waals surface area (Å²) in [6.45, 7) is 10.8. The molecule has 0 bridgehead atoms. The summed E-state index contributed by atoms with van der Waals surface area (Å²) in [6, 6.07) is 25.3. The first-order chi connectivity index (χ1) is 34.6. The number of fused-ring (bicyclic) bond motifs is 2. The predicted molar refractivity (Wildman–Crippen MR) is 283 cm³/mol. The van der Waals surface area contributed by atoms with Crippen LogP contribution in [0, 0.1) is 0 Å². The lowest BCUT2D eigenvalue weighted by Gasteiger charge is -2.25. The molecule has 0 saturated heterocycles. The Labute approximate surface area is 427 Å². The third kappa shape index (κ3) is 11.7. The molecule has 0 atom stereocenters. The molecule has 0 aliphatic carbocycles. The van der Waals surface area contributed by atoms with Crippen molar-refractivity contribution in [2.45, 2.75) is 48.4 Å². The number of hydrogen-bond donors (Lipinski definition) is 4. The normalized spacial score (nSPS) is 12.1. The molecule has 3 heterocycles. The van der Waals surface area contributed by atoms with Gasteiger partial charge in [0.2, 0.25) is 11.9 Å². The molecule has 0 radical (unpaired) electrons. The van der Waals surface area contributed by atoms with Gasteiger partial charge in [0.05, 0.1) is 57.8 Å². The lowest BCUT2D eigenvalue weighted by Crippen LogP contribution is -2.22. The second kappa shape index (κ2) is 22.2. The number of anilines is 6. The van der Waals surface area contributed by atoms with Crippen molar-refractivity contribution in [3.8, 4) is 11.5 Å². The van der Waals surface area contributed by atoms with Crippen molar-refractivity contribution in [2.75, 3.05) is 60.8 Å². The number of thioether (sulfide) groups is 1. The van der Waals surface area contributed by atoms with Gasteiger partial charge in [0.25, 0.3) is 20.2 Å². The van der Waals surface area contributed by atoms with Gasteiger partial charge < -0.3 is 29.9 Å². The number of nitrogens with one attached hydrogen (secondary N) is 2. The van der Waals surface area contributed by atoms with Crippen molar-refractivity contribution in [1.82, 2.24) is 23.7 Å². The van der Waals surface area contributed by atoms with E-state index in [9.17, 15) is 25.9 Å². The molecule has 8 rings (SSSR count). The average Bonchev–Trinajstić information content (AvgIpc) is 3.98. The summed E-state index contributed by atoms with van der Waals surface area (Å²) in [4.78, 5) is 18.3. The zero-order valence-electron chi connectivity index (χ0n) is 39.5. The summed E-state index contributed by atoms with van der Waals surface area (Å²) < 4.78 is 87.0. The lowest BCUT2D eigenvalue weighted by molar-refractivity contribution is 0.414. The minimum atomic E-state index is -4.45. The van der Waals surface area contributed by atoms with Crippen LogP contribution in [0.5, 0.6) is 11.5 Å². The number of methoxy groups -OCH3 is 2. The average molecular weight is 1070 g/mol. The van der Waals surface area contributed by atoms with Crippen LogP contribution in [0.4, 0.5) is 56.0 Å². The third-order valence-corrected chi connectivity index (χ3v) is 15.2. The Morgan fingerprint density at radius 3 is 1.44 bits per heavy atom. The smallest absolute Gasteiger partial charge is 0.294 e. The van der Waals surface area contributed by atoms with E-state index in [1.807, 2.05) is 70.2 Å². The summed E-state index contributed by atoms with van der Waals surface area (Å²) >= 11 is 3.42. The van der Waals surface area contributed by atoms with Gasteiger partial charge >= 0.3 is 0 Å². The fraction of sp³-hybridized carbons (Fsp3) is 0.239. The molecule has 0 saturated carbocycles. The van der Waals surface area contributed by atoms with E-state index in [1.54, 1.807) is 26.4 Å². The van der Waals surface area contributed by atoms with Crippen LogP contribution in [-0.2, 0) is 26.0 Å². The molecule has 21 nitrogen and oxygen atoms in total. The molecule has 0 unspecified atom stereocenters. The monoisotopic (exact) mass is 1070 g/mol. The van der Waals surface area contributed by atoms with Gasteiger partial charge in [-0.3, -0.25) is 9.11 Å². The number of ether oxygens (including phenoxy) is 2. The first-order valence-corrected chi connectivity index (χ1v) is 27.5. The molecule has 0 amide bonds. The molecule has 3 aromatic heterocycles. The van der Waals surface area contributed by atoms with E-state index in [4.69, 9.17) is 24.4 Å². The Morgan fingerprint density at radius 1 is 0.597 bits per heavy atom. The number of rotatable bonds is 21. The molecule has 0 fully saturated rings. The number of nitrogens with zero attached hydrogens (tertiary/aromatic N) is 11. The second-order valence-electron chi connectivity index (χ2n) is 15.4. The fourth-order valence-corrected chi connectivity index (χ4v) is 10.6. The lowest BCUT2D eigenvalue weighted by atomic mass is 10.2. The molecule has 374 valence electrons. The molecule has 0 aliphatic rings. The molecule has 0 spiro atoms. The molecular formula is C46H47N13O8S5. The topological polar surface area (TPSA) is 272 Å². The number of hydrogen-bond acceptors (Lipinski definition) is 22. The standard InChI is InChI=1S/C46H47N13O8S5/c1-7-58(8-2)38-22-34(36(24-40(38)66-5)52-54-42-30-18-16-28(71(60,61)62)20-32(30)56-69-42)47-44-49-45(51-46(50-44)68-26-27-14-12-11-13-15-27)48-35-23-39(59(9-3)10-4)41(67-6)25-37(35)53-55-43-31-19-17-29(72(63,64)65)21-33(31)57-70-43/h11-25H,7-10,26H2,1-6H3,(H,60,61,62)(H,63,64,65)(H2,47,48,49,50,51)/b54-52+,55-53+. The SMILES string of the molecule is CCN(CC)c1cc(Nc2nc(Nc3cc(N(CC)CC)c(OC)cc3/N=N/c3snc4cc(S(=O)(=O)O)ccc34)nc(SCc3ccccc3)n2)c(/N=N/c2snc3cc(S(=O)(=O)O)ccc23)cc1OC. The van der Waals surface area contributed by atoms with Crippen LogP contribution in [0.2, 0.25) is 0 Å². The van der Waals surface area contributed by atoms with Crippen molar-refractivity contribution in [3.63, 3.8) is 0 Å². The van der Waals surface area contributed by atoms with Crippen LogP contribution in [-0.4, -0.2) is 90.0 Å². The summed E-state index contributed by atoms with van der Waals surface area (Å²) in [6.07, 6.45) is 0. The molecule has 0 aliphatic heterocycles.